The van der Waals surface area contributed by atoms with Crippen molar-refractivity contribution < 1.29 is 19.0 Å². The maximum atomic E-state index is 13.6. The molecule has 1 aliphatic heterocycles. The van der Waals surface area contributed by atoms with Crippen molar-refractivity contribution in [3.05, 3.63) is 78.6 Å². The Balaban J connectivity index is 0.00000304. The van der Waals surface area contributed by atoms with Gasteiger partial charge in [-0.05, 0) is 54.1 Å². The van der Waals surface area contributed by atoms with Crippen LogP contribution >= 0.6 is 0 Å². The van der Waals surface area contributed by atoms with Crippen molar-refractivity contribution in [1.82, 2.24) is 19.9 Å². The van der Waals surface area contributed by atoms with Gasteiger partial charge in [-0.3, -0.25) is 9.52 Å². The van der Waals surface area contributed by atoms with Crippen molar-refractivity contribution >= 4 is 38.3 Å². The quantitative estimate of drug-likeness (QED) is 0.425. The van der Waals surface area contributed by atoms with Crippen LogP contribution in [0, 0.1) is 5.82 Å². The van der Waals surface area contributed by atoms with Crippen LogP contribution < -0.4 is 9.62 Å². The van der Waals surface area contributed by atoms with E-state index in [0.29, 0.717) is 26.2 Å². The molecule has 35 heavy (non-hydrogen) atoms. The molecule has 2 N–H and O–H groups in total. The van der Waals surface area contributed by atoms with Crippen LogP contribution in [0.2, 0.25) is 0 Å². The van der Waals surface area contributed by atoms with Crippen LogP contribution in [0.5, 0.6) is 0 Å². The Bertz CT molecular complexity index is 1460. The lowest BCUT2D eigenvalue weighted by atomic mass is 10.1. The fraction of sp³-hybridized carbons (Fsp3) is 0.208. The van der Waals surface area contributed by atoms with Crippen LogP contribution in [-0.2, 0) is 21.2 Å². The minimum absolute atomic E-state index is 0. The number of fused-ring (bicyclic) bond motifs is 1. The number of halogens is 1. The number of sulfonamides is 1. The third-order valence-corrected chi connectivity index (χ3v) is 7.41. The van der Waals surface area contributed by atoms with E-state index in [1.165, 1.54) is 30.7 Å². The predicted octanol–water partition coefficient (Wildman–Crippen LogP) is 3.04. The Kier molecular flexibility index (Phi) is 6.08. The number of nitrogens with one attached hydrogen (secondary N) is 2. The predicted molar refractivity (Wildman–Crippen MR) is 132 cm³/mol. The van der Waals surface area contributed by atoms with Crippen molar-refractivity contribution in [2.24, 2.45) is 0 Å². The second-order valence-corrected chi connectivity index (χ2v) is 9.92. The average molecular weight is 497 g/mol. The fourth-order valence-corrected chi connectivity index (χ4v) is 5.18. The number of amides is 1. The van der Waals surface area contributed by atoms with E-state index in [-0.39, 0.29) is 30.3 Å². The van der Waals surface area contributed by atoms with Gasteiger partial charge in [-0.1, -0.05) is 0 Å². The number of H-pyrrole nitrogens is 1. The number of anilines is 2. The van der Waals surface area contributed by atoms with Gasteiger partial charge in [-0.2, -0.15) is 0 Å². The summed E-state index contributed by atoms with van der Waals surface area (Å²) in [4.78, 5) is 27.6. The molecule has 0 radical (unpaired) electrons. The molecule has 2 aromatic heterocycles. The van der Waals surface area contributed by atoms with Crippen molar-refractivity contribution in [2.75, 3.05) is 35.8 Å². The smallest absolute Gasteiger partial charge is 0.263 e. The molecular weight excluding hydrogens is 471 g/mol. The first-order valence-electron chi connectivity index (χ1n) is 11.1. The highest BCUT2D eigenvalue weighted by molar-refractivity contribution is 7.92. The lowest BCUT2D eigenvalue weighted by Crippen LogP contribution is -2.49. The van der Waals surface area contributed by atoms with Crippen molar-refractivity contribution in [1.29, 1.82) is 0 Å². The Morgan fingerprint density at radius 2 is 1.86 bits per heavy atom. The molecule has 0 bridgehead atoms. The van der Waals surface area contributed by atoms with Crippen molar-refractivity contribution in [3.63, 3.8) is 0 Å². The summed E-state index contributed by atoms with van der Waals surface area (Å²) in [5.41, 5.74) is 2.46. The molecule has 11 heteroatoms. The summed E-state index contributed by atoms with van der Waals surface area (Å²) < 4.78 is 41.2. The van der Waals surface area contributed by atoms with Crippen LogP contribution in [0.4, 0.5) is 15.9 Å². The second kappa shape index (κ2) is 9.34. The zero-order chi connectivity index (χ0) is 24.4. The van der Waals surface area contributed by atoms with Gasteiger partial charge in [0.05, 0.1) is 11.3 Å². The average Bonchev–Trinajstić information content (AvgIpc) is 3.26. The Morgan fingerprint density at radius 1 is 1.09 bits per heavy atom. The van der Waals surface area contributed by atoms with Crippen molar-refractivity contribution in [3.8, 4) is 0 Å². The minimum Gasteiger partial charge on any atom is -0.368 e. The SMILES string of the molecule is O=C(Cc1c[nH]c2ccc(F)cc12)N1CCN(c2ccc(S(=O)(=O)Nc3ccncn3)cc2)CC1.[HH]. The van der Waals surface area contributed by atoms with Gasteiger partial charge in [0.25, 0.3) is 10.0 Å². The summed E-state index contributed by atoms with van der Waals surface area (Å²) in [6.07, 6.45) is 4.69. The van der Waals surface area contributed by atoms with E-state index >= 15 is 0 Å². The lowest BCUT2D eigenvalue weighted by molar-refractivity contribution is -0.130. The largest absolute Gasteiger partial charge is 0.368 e. The minimum atomic E-state index is -3.76. The van der Waals surface area contributed by atoms with E-state index in [1.807, 2.05) is 0 Å². The first-order valence-corrected chi connectivity index (χ1v) is 12.5. The summed E-state index contributed by atoms with van der Waals surface area (Å²) in [6.45, 7) is 2.34. The highest BCUT2D eigenvalue weighted by Gasteiger charge is 2.23. The van der Waals surface area contributed by atoms with E-state index in [1.54, 1.807) is 41.4 Å². The van der Waals surface area contributed by atoms with Crippen LogP contribution in [-0.4, -0.2) is 60.4 Å². The molecule has 1 amide bonds. The molecule has 5 rings (SSSR count). The summed E-state index contributed by atoms with van der Waals surface area (Å²) in [6, 6.07) is 12.6. The zero-order valence-corrected chi connectivity index (χ0v) is 19.5. The van der Waals surface area contributed by atoms with Gasteiger partial charge in [0, 0.05) is 56.6 Å². The van der Waals surface area contributed by atoms with E-state index in [2.05, 4.69) is 24.6 Å². The molecule has 1 fully saturated rings. The summed E-state index contributed by atoms with van der Waals surface area (Å²) >= 11 is 0. The van der Waals surface area contributed by atoms with Gasteiger partial charge in [-0.15, -0.1) is 0 Å². The number of aromatic nitrogens is 3. The van der Waals surface area contributed by atoms with Crippen molar-refractivity contribution in [2.45, 2.75) is 11.3 Å². The molecule has 0 aliphatic carbocycles. The van der Waals surface area contributed by atoms with Gasteiger partial charge in [0.1, 0.15) is 18.0 Å². The number of piperazine rings is 1. The van der Waals surface area contributed by atoms with E-state index in [9.17, 15) is 17.6 Å². The molecule has 1 aliphatic rings. The third-order valence-electron chi connectivity index (χ3n) is 6.04. The van der Waals surface area contributed by atoms with Crippen LogP contribution in [0.3, 0.4) is 0 Å². The normalized spacial score (nSPS) is 14.3. The summed E-state index contributed by atoms with van der Waals surface area (Å²) in [5, 5.41) is 0.723. The monoisotopic (exact) mass is 496 g/mol. The summed E-state index contributed by atoms with van der Waals surface area (Å²) in [7, 11) is -3.76. The molecule has 0 unspecified atom stereocenters. The Hall–Kier alpha value is -3.99. The van der Waals surface area contributed by atoms with Crippen LogP contribution in [0.15, 0.2) is 72.1 Å². The molecule has 2 aromatic carbocycles. The number of aromatic amines is 1. The first kappa shape index (κ1) is 22.8. The van der Waals surface area contributed by atoms with E-state index in [4.69, 9.17) is 0 Å². The molecule has 182 valence electrons. The van der Waals surface area contributed by atoms with Crippen LogP contribution in [0.25, 0.3) is 10.9 Å². The van der Waals surface area contributed by atoms with E-state index in [0.717, 1.165) is 22.2 Å². The number of carbonyl (C=O) groups excluding carboxylic acids is 1. The van der Waals surface area contributed by atoms with Gasteiger partial charge >= 0.3 is 0 Å². The standard InChI is InChI=1S/C24H23FN6O3S.H2/c25-18-1-6-22-21(14-18)17(15-27-22)13-24(32)31-11-9-30(10-12-31)19-2-4-20(5-3-19)35(33,34)29-23-7-8-26-16-28-23;/h1-8,14-16,27H,9-13H2,(H,26,28,29);1H. The highest BCUT2D eigenvalue weighted by atomic mass is 32.2. The molecule has 0 saturated carbocycles. The number of carbonyl (C=O) groups is 1. The van der Waals surface area contributed by atoms with Gasteiger partial charge in [-0.25, -0.2) is 22.8 Å². The van der Waals surface area contributed by atoms with Gasteiger partial charge in [0.2, 0.25) is 5.91 Å². The summed E-state index contributed by atoms with van der Waals surface area (Å²) in [5.74, 6) is -0.141. The second-order valence-electron chi connectivity index (χ2n) is 8.24. The Labute approximate surface area is 203 Å². The fourth-order valence-electron chi connectivity index (χ4n) is 4.17. The molecule has 0 spiro atoms. The Morgan fingerprint density at radius 3 is 2.57 bits per heavy atom. The number of nitrogens with zero attached hydrogens (tertiary/aromatic N) is 4. The number of hydrogen-bond acceptors (Lipinski definition) is 6. The highest BCUT2D eigenvalue weighted by Crippen LogP contribution is 2.23. The first-order chi connectivity index (χ1) is 16.9. The van der Waals surface area contributed by atoms with E-state index < -0.39 is 10.0 Å². The molecular formula is C24H25FN6O3S. The molecule has 3 heterocycles. The van der Waals surface area contributed by atoms with Crippen LogP contribution in [0.1, 0.15) is 6.99 Å². The molecule has 1 saturated heterocycles. The molecule has 0 atom stereocenters. The number of rotatable bonds is 6. The number of benzene rings is 2. The maximum absolute atomic E-state index is 13.6. The third kappa shape index (κ3) is 4.94. The number of hydrogen-bond donors (Lipinski definition) is 2. The molecule has 9 nitrogen and oxygen atoms in total. The topological polar surface area (TPSA) is 111 Å². The maximum Gasteiger partial charge on any atom is 0.263 e. The lowest BCUT2D eigenvalue weighted by Gasteiger charge is -2.36. The zero-order valence-electron chi connectivity index (χ0n) is 18.7. The molecule has 4 aromatic rings. The van der Waals surface area contributed by atoms with Gasteiger partial charge in [0.15, 0.2) is 0 Å². The van der Waals surface area contributed by atoms with Gasteiger partial charge < -0.3 is 14.8 Å².